The fraction of sp³-hybridized carbons (Fsp3) is 0.857. The van der Waals surface area contributed by atoms with Crippen LogP contribution >= 0.6 is 0 Å². The molecule has 0 aromatic heterocycles. The number of nitrogens with one attached hydrogen (secondary N) is 1. The minimum absolute atomic E-state index is 0.231. The van der Waals surface area contributed by atoms with Crippen molar-refractivity contribution in [3.63, 3.8) is 0 Å². The van der Waals surface area contributed by atoms with Crippen LogP contribution in [0.3, 0.4) is 0 Å². The van der Waals surface area contributed by atoms with Gasteiger partial charge in [-0.15, -0.1) is 0 Å². The van der Waals surface area contributed by atoms with Gasteiger partial charge in [-0.3, -0.25) is 5.41 Å². The van der Waals surface area contributed by atoms with Gasteiger partial charge >= 0.3 is 12.3 Å². The maximum atomic E-state index is 12.2. The van der Waals surface area contributed by atoms with E-state index in [1.807, 2.05) is 0 Å². The molecular formula is C7H12F4N2O. The Bertz CT molecular complexity index is 198. The summed E-state index contributed by atoms with van der Waals surface area (Å²) >= 11 is 0. The van der Waals surface area contributed by atoms with E-state index in [0.717, 1.165) is 0 Å². The minimum Gasteiger partial charge on any atom is -0.387 e. The van der Waals surface area contributed by atoms with Crippen molar-refractivity contribution >= 4 is 5.84 Å². The first kappa shape index (κ1) is 13.2. The second-order valence-electron chi connectivity index (χ2n) is 2.93. The molecular weight excluding hydrogens is 204 g/mol. The number of nitrogens with two attached hydrogens (primary N) is 1. The molecule has 0 saturated carbocycles. The molecule has 0 aromatic carbocycles. The average Bonchev–Trinajstić information content (AvgIpc) is 2.03. The Kier molecular flexibility index (Phi) is 4.82. The SMILES string of the molecule is CC(COCC(F)(F)C(F)F)C(=N)N. The second kappa shape index (κ2) is 5.14. The van der Waals surface area contributed by atoms with Gasteiger partial charge < -0.3 is 10.5 Å². The molecule has 14 heavy (non-hydrogen) atoms. The summed E-state index contributed by atoms with van der Waals surface area (Å²) in [4.78, 5) is 0. The second-order valence-corrected chi connectivity index (χ2v) is 2.93. The molecule has 0 aliphatic heterocycles. The van der Waals surface area contributed by atoms with E-state index in [1.54, 1.807) is 0 Å². The first-order chi connectivity index (χ1) is 6.27. The third kappa shape index (κ3) is 4.40. The van der Waals surface area contributed by atoms with Gasteiger partial charge in [0.05, 0.1) is 12.4 Å². The van der Waals surface area contributed by atoms with Crippen molar-refractivity contribution in [3.05, 3.63) is 0 Å². The van der Waals surface area contributed by atoms with Gasteiger partial charge in [0.15, 0.2) is 0 Å². The lowest BCUT2D eigenvalue weighted by molar-refractivity contribution is -0.166. The van der Waals surface area contributed by atoms with Gasteiger partial charge in [0, 0.05) is 5.92 Å². The summed E-state index contributed by atoms with van der Waals surface area (Å²) in [5.74, 6) is -4.93. The third-order valence-electron chi connectivity index (χ3n) is 1.51. The molecule has 0 bridgehead atoms. The highest BCUT2D eigenvalue weighted by Gasteiger charge is 2.41. The number of halogens is 4. The zero-order valence-electron chi connectivity index (χ0n) is 7.57. The maximum Gasteiger partial charge on any atom is 0.330 e. The molecule has 0 amide bonds. The van der Waals surface area contributed by atoms with Gasteiger partial charge in [-0.05, 0) is 0 Å². The quantitative estimate of drug-likeness (QED) is 0.401. The van der Waals surface area contributed by atoms with Crippen LogP contribution < -0.4 is 5.73 Å². The van der Waals surface area contributed by atoms with Crippen molar-refractivity contribution in [1.29, 1.82) is 5.41 Å². The Morgan fingerprint density at radius 2 is 2.00 bits per heavy atom. The van der Waals surface area contributed by atoms with Crippen LogP contribution in [0, 0.1) is 11.3 Å². The van der Waals surface area contributed by atoms with Gasteiger partial charge in [-0.2, -0.15) is 8.78 Å². The van der Waals surface area contributed by atoms with Crippen LogP contribution in [-0.2, 0) is 4.74 Å². The molecule has 84 valence electrons. The highest BCUT2D eigenvalue weighted by Crippen LogP contribution is 2.22. The number of ether oxygens (including phenoxy) is 1. The maximum absolute atomic E-state index is 12.2. The van der Waals surface area contributed by atoms with Crippen LogP contribution in [-0.4, -0.2) is 31.4 Å². The molecule has 0 rings (SSSR count). The number of alkyl halides is 4. The summed E-state index contributed by atoms with van der Waals surface area (Å²) in [6.07, 6.45) is -3.74. The Labute approximate surface area is 78.7 Å². The molecule has 0 spiro atoms. The molecule has 0 saturated heterocycles. The molecule has 0 radical (unpaired) electrons. The molecule has 0 heterocycles. The number of amidine groups is 1. The van der Waals surface area contributed by atoms with Gasteiger partial charge in [-0.25, -0.2) is 8.78 Å². The average molecular weight is 216 g/mol. The molecule has 0 fully saturated rings. The molecule has 0 aliphatic carbocycles. The zero-order valence-corrected chi connectivity index (χ0v) is 7.57. The standard InChI is InChI=1S/C7H12F4N2O/c1-4(5(12)13)2-14-3-7(10,11)6(8)9/h4,6H,2-3H2,1H3,(H3,12,13). The highest BCUT2D eigenvalue weighted by molar-refractivity contribution is 5.79. The van der Waals surface area contributed by atoms with Gasteiger partial charge in [0.25, 0.3) is 0 Å². The molecule has 1 unspecified atom stereocenters. The van der Waals surface area contributed by atoms with Gasteiger partial charge in [0.1, 0.15) is 6.61 Å². The third-order valence-corrected chi connectivity index (χ3v) is 1.51. The number of hydrogen-bond acceptors (Lipinski definition) is 2. The van der Waals surface area contributed by atoms with Crippen LogP contribution in [0.2, 0.25) is 0 Å². The van der Waals surface area contributed by atoms with Gasteiger partial charge in [-0.1, -0.05) is 6.92 Å². The van der Waals surface area contributed by atoms with Crippen LogP contribution in [0.25, 0.3) is 0 Å². The molecule has 3 nitrogen and oxygen atoms in total. The topological polar surface area (TPSA) is 59.1 Å². The zero-order chi connectivity index (χ0) is 11.4. The smallest absolute Gasteiger partial charge is 0.330 e. The van der Waals surface area contributed by atoms with Crippen molar-refractivity contribution in [3.8, 4) is 0 Å². The fourth-order valence-electron chi connectivity index (χ4n) is 0.525. The monoisotopic (exact) mass is 216 g/mol. The van der Waals surface area contributed by atoms with Gasteiger partial charge in [0.2, 0.25) is 0 Å². The predicted molar refractivity (Wildman–Crippen MR) is 42.8 cm³/mol. The molecule has 1 atom stereocenters. The van der Waals surface area contributed by atoms with Crippen molar-refractivity contribution in [2.24, 2.45) is 11.7 Å². The van der Waals surface area contributed by atoms with Crippen molar-refractivity contribution < 1.29 is 22.3 Å². The number of rotatable bonds is 6. The Balaban J connectivity index is 3.79. The van der Waals surface area contributed by atoms with Crippen molar-refractivity contribution in [1.82, 2.24) is 0 Å². The Morgan fingerprint density at radius 3 is 2.36 bits per heavy atom. The lowest BCUT2D eigenvalue weighted by Gasteiger charge is -2.16. The van der Waals surface area contributed by atoms with Crippen molar-refractivity contribution in [2.75, 3.05) is 13.2 Å². The summed E-state index contributed by atoms with van der Waals surface area (Å²) in [7, 11) is 0. The summed E-state index contributed by atoms with van der Waals surface area (Å²) < 4.78 is 52.0. The van der Waals surface area contributed by atoms with E-state index < -0.39 is 24.9 Å². The minimum atomic E-state index is -4.14. The first-order valence-electron chi connectivity index (χ1n) is 3.85. The molecule has 0 aliphatic rings. The summed E-state index contributed by atoms with van der Waals surface area (Å²) in [5.41, 5.74) is 5.01. The van der Waals surface area contributed by atoms with E-state index in [9.17, 15) is 17.6 Å². The van der Waals surface area contributed by atoms with E-state index in [1.165, 1.54) is 6.92 Å². The first-order valence-corrected chi connectivity index (χ1v) is 3.85. The molecule has 7 heteroatoms. The fourth-order valence-corrected chi connectivity index (χ4v) is 0.525. The number of hydrogen-bond donors (Lipinski definition) is 2. The van der Waals surface area contributed by atoms with Crippen LogP contribution in [0.4, 0.5) is 17.6 Å². The summed E-state index contributed by atoms with van der Waals surface area (Å²) in [5, 5.41) is 6.88. The molecule has 0 aromatic rings. The van der Waals surface area contributed by atoms with Crippen LogP contribution in [0.5, 0.6) is 0 Å². The van der Waals surface area contributed by atoms with E-state index in [-0.39, 0.29) is 12.4 Å². The Hall–Kier alpha value is -0.850. The van der Waals surface area contributed by atoms with E-state index in [2.05, 4.69) is 4.74 Å². The summed E-state index contributed by atoms with van der Waals surface area (Å²) in [6.45, 7) is -0.150. The van der Waals surface area contributed by atoms with E-state index in [0.29, 0.717) is 0 Å². The largest absolute Gasteiger partial charge is 0.387 e. The highest BCUT2D eigenvalue weighted by atomic mass is 19.3. The normalized spacial score (nSPS) is 14.4. The van der Waals surface area contributed by atoms with Crippen LogP contribution in [0.15, 0.2) is 0 Å². The lowest BCUT2D eigenvalue weighted by Crippen LogP contribution is -2.34. The van der Waals surface area contributed by atoms with Crippen LogP contribution in [0.1, 0.15) is 6.92 Å². The lowest BCUT2D eigenvalue weighted by atomic mass is 10.2. The predicted octanol–water partition coefficient (Wildman–Crippen LogP) is 1.48. The van der Waals surface area contributed by atoms with Crippen molar-refractivity contribution in [2.45, 2.75) is 19.3 Å². The summed E-state index contributed by atoms with van der Waals surface area (Å²) in [6, 6.07) is 0. The van der Waals surface area contributed by atoms with E-state index >= 15 is 0 Å². The Morgan fingerprint density at radius 1 is 1.50 bits per heavy atom. The van der Waals surface area contributed by atoms with E-state index in [4.69, 9.17) is 11.1 Å². The molecule has 3 N–H and O–H groups in total.